The first-order valence-corrected chi connectivity index (χ1v) is 9.04. The normalized spacial score (nSPS) is 9.91. The van der Waals surface area contributed by atoms with E-state index in [0.29, 0.717) is 12.8 Å². The van der Waals surface area contributed by atoms with Crippen molar-refractivity contribution in [1.29, 1.82) is 0 Å². The molecule has 4 heteroatoms. The molecule has 0 bridgehead atoms. The maximum absolute atomic E-state index is 10.4. The van der Waals surface area contributed by atoms with Crippen molar-refractivity contribution < 1.29 is 14.7 Å². The summed E-state index contributed by atoms with van der Waals surface area (Å²) >= 11 is 0. The summed E-state index contributed by atoms with van der Waals surface area (Å²) in [5.74, 6) is -0.841. The van der Waals surface area contributed by atoms with Crippen LogP contribution in [0.25, 0.3) is 0 Å². The Balaban J connectivity index is 0. The Morgan fingerprint density at radius 1 is 0.682 bits per heavy atom. The summed E-state index contributed by atoms with van der Waals surface area (Å²) in [6, 6.07) is 0. The van der Waals surface area contributed by atoms with Crippen LogP contribution in [0.5, 0.6) is 0 Å². The van der Waals surface area contributed by atoms with Crippen LogP contribution in [0.1, 0.15) is 104 Å². The van der Waals surface area contributed by atoms with Crippen LogP contribution in [0.2, 0.25) is 0 Å². The molecule has 0 aliphatic heterocycles. The molecule has 0 fully saturated rings. The highest BCUT2D eigenvalue weighted by Crippen LogP contribution is 2.10. The van der Waals surface area contributed by atoms with Crippen molar-refractivity contribution in [1.82, 2.24) is 0 Å². The highest BCUT2D eigenvalue weighted by molar-refractivity contribution is 5.73. The Morgan fingerprint density at radius 2 is 1.05 bits per heavy atom. The van der Waals surface area contributed by atoms with E-state index in [-0.39, 0.29) is 5.91 Å². The van der Waals surface area contributed by atoms with Gasteiger partial charge in [-0.25, -0.2) is 0 Å². The number of carbonyl (C=O) groups excluding carboxylic acids is 1. The maximum atomic E-state index is 10.4. The summed E-state index contributed by atoms with van der Waals surface area (Å²) < 4.78 is 0. The molecular weight excluding hydrogens is 278 g/mol. The van der Waals surface area contributed by atoms with E-state index in [9.17, 15) is 9.59 Å². The number of aliphatic carboxylic acids is 1. The predicted molar refractivity (Wildman–Crippen MR) is 92.8 cm³/mol. The van der Waals surface area contributed by atoms with Crippen LogP contribution >= 0.6 is 0 Å². The number of hydrogen-bond donors (Lipinski definition) is 2. The first kappa shape index (κ1) is 23.2. The zero-order chi connectivity index (χ0) is 17.1. The van der Waals surface area contributed by atoms with Crippen molar-refractivity contribution >= 4 is 11.9 Å². The van der Waals surface area contributed by atoms with Crippen LogP contribution in [0.3, 0.4) is 0 Å². The fourth-order valence-corrected chi connectivity index (χ4v) is 2.14. The van der Waals surface area contributed by atoms with E-state index in [2.05, 4.69) is 13.8 Å². The lowest BCUT2D eigenvalue weighted by molar-refractivity contribution is -0.137. The number of unbranched alkanes of at least 4 members (excludes halogenated alkanes) is 10. The Hall–Kier alpha value is -1.06. The largest absolute Gasteiger partial charge is 0.481 e. The van der Waals surface area contributed by atoms with Crippen molar-refractivity contribution in [2.75, 3.05) is 0 Å². The first-order valence-electron chi connectivity index (χ1n) is 9.04. The molecule has 0 radical (unpaired) electrons. The van der Waals surface area contributed by atoms with Crippen LogP contribution in [-0.4, -0.2) is 17.0 Å². The summed E-state index contributed by atoms with van der Waals surface area (Å²) in [4.78, 5) is 20.3. The summed E-state index contributed by atoms with van der Waals surface area (Å²) in [5, 5.41) is 8.14. The van der Waals surface area contributed by atoms with Gasteiger partial charge in [-0.2, -0.15) is 0 Å². The Labute approximate surface area is 136 Å². The molecule has 0 unspecified atom stereocenters. The van der Waals surface area contributed by atoms with Gasteiger partial charge in [0.25, 0.3) is 0 Å². The molecule has 132 valence electrons. The number of carboxylic acids is 1. The molecule has 0 spiro atoms. The van der Waals surface area contributed by atoms with Crippen LogP contribution < -0.4 is 5.73 Å². The van der Waals surface area contributed by atoms with Gasteiger partial charge in [-0.3, -0.25) is 9.59 Å². The molecule has 0 saturated carbocycles. The average molecular weight is 315 g/mol. The second-order valence-electron chi connectivity index (χ2n) is 5.90. The minimum Gasteiger partial charge on any atom is -0.481 e. The predicted octanol–water partition coefficient (Wildman–Crippen LogP) is 5.04. The molecule has 3 N–H and O–H groups in total. The van der Waals surface area contributed by atoms with Gasteiger partial charge in [0.2, 0.25) is 5.91 Å². The van der Waals surface area contributed by atoms with E-state index in [0.717, 1.165) is 32.1 Å². The average Bonchev–Trinajstić information content (AvgIpc) is 2.46. The lowest BCUT2D eigenvalue weighted by Gasteiger charge is -2.00. The number of carbonyl (C=O) groups is 2. The molecule has 0 heterocycles. The highest BCUT2D eigenvalue weighted by Gasteiger charge is 1.95. The molecule has 0 saturated heterocycles. The Kier molecular flexibility index (Phi) is 21.0. The molecule has 4 nitrogen and oxygen atoms in total. The molecular formula is C18H37NO3. The van der Waals surface area contributed by atoms with Crippen molar-refractivity contribution in [3.8, 4) is 0 Å². The SMILES string of the molecule is CCCCCC(=O)O.CCCCCCCCCCCC(N)=O. The topological polar surface area (TPSA) is 80.4 Å². The van der Waals surface area contributed by atoms with E-state index >= 15 is 0 Å². The van der Waals surface area contributed by atoms with Crippen molar-refractivity contribution in [2.24, 2.45) is 5.73 Å². The third-order valence-corrected chi connectivity index (χ3v) is 3.52. The second kappa shape index (κ2) is 19.9. The number of carboxylic acid groups (broad SMARTS) is 1. The minimum atomic E-state index is -0.682. The summed E-state index contributed by atoms with van der Waals surface area (Å²) in [6.07, 6.45) is 15.4. The van der Waals surface area contributed by atoms with Gasteiger partial charge in [-0.15, -0.1) is 0 Å². The fourth-order valence-electron chi connectivity index (χ4n) is 2.14. The van der Waals surface area contributed by atoms with Gasteiger partial charge >= 0.3 is 5.97 Å². The van der Waals surface area contributed by atoms with E-state index in [1.54, 1.807) is 0 Å². The van der Waals surface area contributed by atoms with Gasteiger partial charge in [-0.05, 0) is 12.8 Å². The molecule has 0 aromatic rings. The molecule has 0 aliphatic carbocycles. The van der Waals surface area contributed by atoms with Gasteiger partial charge in [0.05, 0.1) is 0 Å². The third kappa shape index (κ3) is 27.3. The fraction of sp³-hybridized carbons (Fsp3) is 0.889. The monoisotopic (exact) mass is 315 g/mol. The minimum absolute atomic E-state index is 0.159. The zero-order valence-corrected chi connectivity index (χ0v) is 14.7. The molecule has 0 aromatic heterocycles. The number of amides is 1. The summed E-state index contributed by atoms with van der Waals surface area (Å²) in [7, 11) is 0. The van der Waals surface area contributed by atoms with Crippen molar-refractivity contribution in [3.05, 3.63) is 0 Å². The highest BCUT2D eigenvalue weighted by atomic mass is 16.4. The Bertz CT molecular complexity index is 255. The van der Waals surface area contributed by atoms with Gasteiger partial charge in [0.1, 0.15) is 0 Å². The van der Waals surface area contributed by atoms with Gasteiger partial charge in [-0.1, -0.05) is 78.1 Å². The number of nitrogens with two attached hydrogens (primary N) is 1. The van der Waals surface area contributed by atoms with Gasteiger partial charge in [0, 0.05) is 12.8 Å². The van der Waals surface area contributed by atoms with Crippen molar-refractivity contribution in [3.63, 3.8) is 0 Å². The molecule has 0 rings (SSSR count). The Morgan fingerprint density at radius 3 is 1.45 bits per heavy atom. The number of hydrogen-bond acceptors (Lipinski definition) is 2. The smallest absolute Gasteiger partial charge is 0.303 e. The third-order valence-electron chi connectivity index (χ3n) is 3.52. The van der Waals surface area contributed by atoms with Crippen LogP contribution in [-0.2, 0) is 9.59 Å². The van der Waals surface area contributed by atoms with Crippen LogP contribution in [0, 0.1) is 0 Å². The molecule has 0 aromatic carbocycles. The van der Waals surface area contributed by atoms with E-state index in [4.69, 9.17) is 10.8 Å². The molecule has 1 amide bonds. The van der Waals surface area contributed by atoms with Gasteiger partial charge < -0.3 is 10.8 Å². The molecule has 0 atom stereocenters. The standard InChI is InChI=1S/C12H25NO.C6H12O2/c1-2-3-4-5-6-7-8-9-10-11-12(13)14;1-2-3-4-5-6(7)8/h2-11H2,1H3,(H2,13,14);2-5H2,1H3,(H,7,8). The summed E-state index contributed by atoms with van der Waals surface area (Å²) in [5.41, 5.74) is 5.05. The quantitative estimate of drug-likeness (QED) is 0.440. The van der Waals surface area contributed by atoms with Gasteiger partial charge in [0.15, 0.2) is 0 Å². The molecule has 0 aliphatic rings. The van der Waals surface area contributed by atoms with E-state index in [1.165, 1.54) is 44.9 Å². The second-order valence-corrected chi connectivity index (χ2v) is 5.90. The van der Waals surface area contributed by atoms with E-state index < -0.39 is 5.97 Å². The number of primary amides is 1. The summed E-state index contributed by atoms with van der Waals surface area (Å²) in [6.45, 7) is 4.30. The first-order chi connectivity index (χ1) is 10.5. The maximum Gasteiger partial charge on any atom is 0.303 e. The molecule has 22 heavy (non-hydrogen) atoms. The number of rotatable bonds is 14. The van der Waals surface area contributed by atoms with Crippen LogP contribution in [0.15, 0.2) is 0 Å². The lowest BCUT2D eigenvalue weighted by Crippen LogP contribution is -2.09. The van der Waals surface area contributed by atoms with Crippen LogP contribution in [0.4, 0.5) is 0 Å². The van der Waals surface area contributed by atoms with Crippen molar-refractivity contribution in [2.45, 2.75) is 104 Å². The lowest BCUT2D eigenvalue weighted by atomic mass is 10.1. The van der Waals surface area contributed by atoms with E-state index in [1.807, 2.05) is 0 Å². The zero-order valence-electron chi connectivity index (χ0n) is 14.7.